The number of halogens is 2. The van der Waals surface area contributed by atoms with Gasteiger partial charge in [-0.2, -0.15) is 0 Å². The molecular formula is C13H10F2N2O2. The Morgan fingerprint density at radius 1 is 1.26 bits per heavy atom. The Labute approximate surface area is 107 Å². The molecule has 0 aliphatic rings. The van der Waals surface area contributed by atoms with Gasteiger partial charge < -0.3 is 10.4 Å². The Kier molecular flexibility index (Phi) is 3.41. The minimum absolute atomic E-state index is 0.116. The average molecular weight is 264 g/mol. The molecule has 0 fully saturated rings. The van der Waals surface area contributed by atoms with E-state index in [2.05, 4.69) is 10.3 Å². The topological polar surface area (TPSA) is 62.2 Å². The second-order valence-electron chi connectivity index (χ2n) is 3.93. The molecule has 2 N–H and O–H groups in total. The summed E-state index contributed by atoms with van der Waals surface area (Å²) in [6.07, 6.45) is 1.16. The molecule has 2 aromatic rings. The first-order valence-corrected chi connectivity index (χ1v) is 5.39. The summed E-state index contributed by atoms with van der Waals surface area (Å²) in [5.41, 5.74) is 0.469. The van der Waals surface area contributed by atoms with Crippen LogP contribution in [0.2, 0.25) is 0 Å². The number of benzene rings is 1. The minimum atomic E-state index is -1.20. The van der Waals surface area contributed by atoms with Gasteiger partial charge in [0.1, 0.15) is 17.2 Å². The van der Waals surface area contributed by atoms with E-state index < -0.39 is 17.6 Å². The molecule has 1 aromatic heterocycles. The molecule has 0 radical (unpaired) electrons. The summed E-state index contributed by atoms with van der Waals surface area (Å²) >= 11 is 0. The Bertz CT molecular complexity index is 645. The lowest BCUT2D eigenvalue weighted by Crippen LogP contribution is -2.05. The zero-order valence-corrected chi connectivity index (χ0v) is 9.95. The molecule has 0 amide bonds. The predicted octanol–water partition coefficient (Wildman–Crippen LogP) is 3.11. The number of rotatable bonds is 3. The van der Waals surface area contributed by atoms with Gasteiger partial charge in [-0.15, -0.1) is 0 Å². The van der Waals surface area contributed by atoms with Crippen molar-refractivity contribution in [2.75, 3.05) is 5.32 Å². The molecule has 0 bridgehead atoms. The maximum Gasteiger partial charge on any atom is 0.339 e. The lowest BCUT2D eigenvalue weighted by atomic mass is 10.2. The molecule has 0 aliphatic carbocycles. The Hall–Kier alpha value is -2.50. The van der Waals surface area contributed by atoms with Gasteiger partial charge in [-0.05, 0) is 25.1 Å². The molecule has 0 atom stereocenters. The molecule has 0 aliphatic heterocycles. The summed E-state index contributed by atoms with van der Waals surface area (Å²) in [5.74, 6) is -2.49. The summed E-state index contributed by atoms with van der Waals surface area (Å²) < 4.78 is 26.5. The van der Waals surface area contributed by atoms with Gasteiger partial charge in [0.2, 0.25) is 0 Å². The monoisotopic (exact) mass is 264 g/mol. The van der Waals surface area contributed by atoms with Crippen LogP contribution in [0, 0.1) is 18.6 Å². The highest BCUT2D eigenvalue weighted by atomic mass is 19.1. The summed E-state index contributed by atoms with van der Waals surface area (Å²) in [6.45, 7) is 1.67. The van der Waals surface area contributed by atoms with Crippen LogP contribution in [0.5, 0.6) is 0 Å². The van der Waals surface area contributed by atoms with E-state index >= 15 is 0 Å². The van der Waals surface area contributed by atoms with Crippen LogP contribution in [0.4, 0.5) is 20.2 Å². The van der Waals surface area contributed by atoms with Crippen LogP contribution in [0.3, 0.4) is 0 Å². The van der Waals surface area contributed by atoms with Gasteiger partial charge in [-0.3, -0.25) is 4.98 Å². The van der Waals surface area contributed by atoms with Crippen molar-refractivity contribution in [3.63, 3.8) is 0 Å². The molecule has 19 heavy (non-hydrogen) atoms. The van der Waals surface area contributed by atoms with Crippen LogP contribution in [0.15, 0.2) is 30.5 Å². The molecule has 0 unspecified atom stereocenters. The van der Waals surface area contributed by atoms with E-state index in [9.17, 15) is 13.6 Å². The molecule has 0 saturated heterocycles. The van der Waals surface area contributed by atoms with E-state index in [1.807, 2.05) is 0 Å². The van der Waals surface area contributed by atoms with Crippen molar-refractivity contribution in [1.82, 2.24) is 4.98 Å². The van der Waals surface area contributed by atoms with Crippen LogP contribution in [-0.2, 0) is 0 Å². The third-order valence-electron chi connectivity index (χ3n) is 2.47. The lowest BCUT2D eigenvalue weighted by Gasteiger charge is -2.11. The zero-order valence-electron chi connectivity index (χ0n) is 9.95. The van der Waals surface area contributed by atoms with Crippen LogP contribution in [0.1, 0.15) is 16.1 Å². The van der Waals surface area contributed by atoms with Gasteiger partial charge in [-0.25, -0.2) is 13.6 Å². The Balaban J connectivity index is 2.45. The molecule has 0 spiro atoms. The van der Waals surface area contributed by atoms with Gasteiger partial charge in [0, 0.05) is 18.0 Å². The number of carboxylic acid groups (broad SMARTS) is 1. The molecule has 98 valence electrons. The molecule has 2 rings (SSSR count). The van der Waals surface area contributed by atoms with Crippen molar-refractivity contribution in [2.45, 2.75) is 6.92 Å². The number of aromatic carboxylic acids is 1. The van der Waals surface area contributed by atoms with Crippen LogP contribution >= 0.6 is 0 Å². The minimum Gasteiger partial charge on any atom is -0.478 e. The summed E-state index contributed by atoms with van der Waals surface area (Å²) in [7, 11) is 0. The number of nitrogens with one attached hydrogen (secondary N) is 1. The van der Waals surface area contributed by atoms with Crippen molar-refractivity contribution < 1.29 is 18.7 Å². The van der Waals surface area contributed by atoms with Gasteiger partial charge in [-0.1, -0.05) is 0 Å². The van der Waals surface area contributed by atoms with Crippen molar-refractivity contribution in [3.8, 4) is 0 Å². The summed E-state index contributed by atoms with van der Waals surface area (Å²) in [5, 5.41) is 11.6. The third-order valence-corrected chi connectivity index (χ3v) is 2.47. The van der Waals surface area contributed by atoms with Crippen LogP contribution in [-0.4, -0.2) is 16.1 Å². The van der Waals surface area contributed by atoms with E-state index in [-0.39, 0.29) is 16.9 Å². The van der Waals surface area contributed by atoms with E-state index in [0.29, 0.717) is 5.69 Å². The first-order chi connectivity index (χ1) is 8.97. The summed E-state index contributed by atoms with van der Waals surface area (Å²) in [4.78, 5) is 14.9. The predicted molar refractivity (Wildman–Crippen MR) is 65.6 cm³/mol. The number of pyridine rings is 1. The standard InChI is InChI=1S/C13H10F2N2O2/c1-7-4-11(9(6-16-7)13(18)19)17-12-5-8(14)2-3-10(12)15/h2-6H,1H3,(H,16,17)(H,18,19). The second kappa shape index (κ2) is 5.01. The maximum atomic E-state index is 13.5. The highest BCUT2D eigenvalue weighted by Crippen LogP contribution is 2.24. The van der Waals surface area contributed by atoms with E-state index in [4.69, 9.17) is 5.11 Å². The van der Waals surface area contributed by atoms with Crippen molar-refractivity contribution in [1.29, 1.82) is 0 Å². The smallest absolute Gasteiger partial charge is 0.339 e. The number of aryl methyl sites for hydroxylation is 1. The van der Waals surface area contributed by atoms with Gasteiger partial charge >= 0.3 is 5.97 Å². The van der Waals surface area contributed by atoms with Crippen LogP contribution < -0.4 is 5.32 Å². The number of hydrogen-bond acceptors (Lipinski definition) is 3. The molecule has 4 nitrogen and oxygen atoms in total. The fourth-order valence-corrected chi connectivity index (χ4v) is 1.57. The second-order valence-corrected chi connectivity index (χ2v) is 3.93. The lowest BCUT2D eigenvalue weighted by molar-refractivity contribution is 0.0697. The normalized spacial score (nSPS) is 10.3. The van der Waals surface area contributed by atoms with Gasteiger partial charge in [0.05, 0.1) is 11.4 Å². The first kappa shape index (κ1) is 12.9. The Morgan fingerprint density at radius 2 is 2.00 bits per heavy atom. The SMILES string of the molecule is Cc1cc(Nc2cc(F)ccc2F)c(C(=O)O)cn1. The number of nitrogens with zero attached hydrogens (tertiary/aromatic N) is 1. The number of aromatic nitrogens is 1. The molecule has 6 heteroatoms. The van der Waals surface area contributed by atoms with E-state index in [1.165, 1.54) is 6.07 Å². The first-order valence-electron chi connectivity index (χ1n) is 5.39. The van der Waals surface area contributed by atoms with Crippen molar-refractivity contribution >= 4 is 17.3 Å². The number of hydrogen-bond donors (Lipinski definition) is 2. The van der Waals surface area contributed by atoms with E-state index in [0.717, 1.165) is 24.4 Å². The van der Waals surface area contributed by atoms with Crippen LogP contribution in [0.25, 0.3) is 0 Å². The molecule has 1 aromatic carbocycles. The fraction of sp³-hybridized carbons (Fsp3) is 0.0769. The summed E-state index contributed by atoms with van der Waals surface area (Å²) in [6, 6.07) is 4.35. The van der Waals surface area contributed by atoms with Crippen molar-refractivity contribution in [2.24, 2.45) is 0 Å². The largest absolute Gasteiger partial charge is 0.478 e. The van der Waals surface area contributed by atoms with Gasteiger partial charge in [0.25, 0.3) is 0 Å². The Morgan fingerprint density at radius 3 is 2.68 bits per heavy atom. The van der Waals surface area contributed by atoms with Crippen molar-refractivity contribution in [3.05, 3.63) is 53.4 Å². The maximum absolute atomic E-state index is 13.5. The third kappa shape index (κ3) is 2.85. The molecule has 1 heterocycles. The zero-order chi connectivity index (χ0) is 14.0. The number of anilines is 2. The van der Waals surface area contributed by atoms with E-state index in [1.54, 1.807) is 6.92 Å². The highest BCUT2D eigenvalue weighted by molar-refractivity contribution is 5.94. The number of carbonyl (C=O) groups is 1. The number of carboxylic acids is 1. The average Bonchev–Trinajstić information content (AvgIpc) is 2.33. The molecular weight excluding hydrogens is 254 g/mol. The molecule has 0 saturated carbocycles. The fourth-order valence-electron chi connectivity index (χ4n) is 1.57. The highest BCUT2D eigenvalue weighted by Gasteiger charge is 2.13. The quantitative estimate of drug-likeness (QED) is 0.894. The van der Waals surface area contributed by atoms with Gasteiger partial charge in [0.15, 0.2) is 0 Å².